The van der Waals surface area contributed by atoms with Crippen molar-refractivity contribution in [3.05, 3.63) is 62.5 Å². The lowest BCUT2D eigenvalue weighted by molar-refractivity contribution is 0.414. The molecule has 0 spiro atoms. The summed E-state index contributed by atoms with van der Waals surface area (Å²) in [6.45, 7) is 3.15. The lowest BCUT2D eigenvalue weighted by Gasteiger charge is -2.21. The highest BCUT2D eigenvalue weighted by Gasteiger charge is 2.16. The van der Waals surface area contributed by atoms with E-state index in [4.69, 9.17) is 4.74 Å². The van der Waals surface area contributed by atoms with Crippen molar-refractivity contribution in [3.8, 4) is 5.75 Å². The van der Waals surface area contributed by atoms with Crippen molar-refractivity contribution in [1.29, 1.82) is 0 Å². The molecule has 2 nitrogen and oxygen atoms in total. The Labute approximate surface area is 143 Å². The minimum absolute atomic E-state index is 0.165. The second kappa shape index (κ2) is 7.97. The molecular formula is C17H19Br2NO. The Morgan fingerprint density at radius 2 is 1.81 bits per heavy atom. The van der Waals surface area contributed by atoms with Gasteiger partial charge in [-0.1, -0.05) is 57.0 Å². The third-order valence-corrected chi connectivity index (χ3v) is 4.54. The largest absolute Gasteiger partial charge is 0.497 e. The number of hydrogen-bond acceptors (Lipinski definition) is 2. The number of methoxy groups -OCH3 is 1. The van der Waals surface area contributed by atoms with Crippen LogP contribution in [0.3, 0.4) is 0 Å². The van der Waals surface area contributed by atoms with Crippen LogP contribution in [0.2, 0.25) is 0 Å². The zero-order valence-corrected chi connectivity index (χ0v) is 15.4. The highest BCUT2D eigenvalue weighted by molar-refractivity contribution is 9.10. The van der Waals surface area contributed by atoms with E-state index in [1.165, 1.54) is 11.1 Å². The molecule has 2 aromatic carbocycles. The van der Waals surface area contributed by atoms with Gasteiger partial charge in [0, 0.05) is 8.95 Å². The van der Waals surface area contributed by atoms with Gasteiger partial charge in [-0.05, 0) is 48.4 Å². The van der Waals surface area contributed by atoms with Crippen LogP contribution in [0.25, 0.3) is 0 Å². The van der Waals surface area contributed by atoms with Crippen molar-refractivity contribution in [2.75, 3.05) is 13.7 Å². The zero-order chi connectivity index (χ0) is 15.2. The summed E-state index contributed by atoms with van der Waals surface area (Å²) in [6.07, 6.45) is 1.10. The molecule has 0 aliphatic rings. The van der Waals surface area contributed by atoms with Crippen molar-refractivity contribution in [3.63, 3.8) is 0 Å². The summed E-state index contributed by atoms with van der Waals surface area (Å²) in [4.78, 5) is 0. The molecule has 0 fully saturated rings. The van der Waals surface area contributed by atoms with E-state index in [1.54, 1.807) is 7.11 Å². The first kappa shape index (κ1) is 16.5. The Bertz CT molecular complexity index is 584. The van der Waals surface area contributed by atoms with E-state index in [0.717, 1.165) is 27.7 Å². The fourth-order valence-corrected chi connectivity index (χ4v) is 3.07. The first-order valence-electron chi connectivity index (χ1n) is 6.98. The van der Waals surface area contributed by atoms with Crippen molar-refractivity contribution in [1.82, 2.24) is 5.32 Å². The highest BCUT2D eigenvalue weighted by atomic mass is 79.9. The predicted octanol–water partition coefficient (Wildman–Crippen LogP) is 5.31. The maximum Gasteiger partial charge on any atom is 0.120 e. The molecule has 0 aromatic heterocycles. The van der Waals surface area contributed by atoms with Crippen LogP contribution in [0.5, 0.6) is 5.75 Å². The van der Waals surface area contributed by atoms with Gasteiger partial charge >= 0.3 is 0 Å². The Morgan fingerprint density at radius 3 is 2.38 bits per heavy atom. The summed E-state index contributed by atoms with van der Waals surface area (Å²) in [5.74, 6) is 0.857. The molecule has 112 valence electrons. The number of nitrogens with one attached hydrogen (secondary N) is 1. The van der Waals surface area contributed by atoms with Gasteiger partial charge < -0.3 is 10.1 Å². The van der Waals surface area contributed by atoms with Crippen molar-refractivity contribution in [2.24, 2.45) is 0 Å². The number of benzene rings is 2. The van der Waals surface area contributed by atoms with Crippen molar-refractivity contribution >= 4 is 31.9 Å². The predicted molar refractivity (Wildman–Crippen MR) is 95.0 cm³/mol. The van der Waals surface area contributed by atoms with E-state index in [-0.39, 0.29) is 6.04 Å². The maximum absolute atomic E-state index is 5.28. The lowest BCUT2D eigenvalue weighted by Crippen LogP contribution is -2.23. The standard InChI is InChI=1S/C17H19Br2NO/c1-3-10-20-17(12-4-6-13(18)7-5-12)15-9-8-14(21-2)11-16(15)19/h4-9,11,17,20H,3,10H2,1-2H3. The molecule has 0 aliphatic heterocycles. The fourth-order valence-electron chi connectivity index (χ4n) is 2.22. The van der Waals surface area contributed by atoms with Crippen LogP contribution in [-0.2, 0) is 0 Å². The molecule has 21 heavy (non-hydrogen) atoms. The van der Waals surface area contributed by atoms with Crippen LogP contribution >= 0.6 is 31.9 Å². The number of halogens is 2. The smallest absolute Gasteiger partial charge is 0.120 e. The molecule has 1 N–H and O–H groups in total. The van der Waals surface area contributed by atoms with Crippen LogP contribution in [0, 0.1) is 0 Å². The Balaban J connectivity index is 2.37. The molecule has 2 aromatic rings. The normalized spacial score (nSPS) is 12.2. The molecule has 1 atom stereocenters. The van der Waals surface area contributed by atoms with Gasteiger partial charge in [0.2, 0.25) is 0 Å². The molecule has 0 radical (unpaired) electrons. The number of hydrogen-bond donors (Lipinski definition) is 1. The second-order valence-electron chi connectivity index (χ2n) is 4.83. The molecule has 1 unspecified atom stereocenters. The molecule has 0 saturated carbocycles. The van der Waals surface area contributed by atoms with Gasteiger partial charge in [-0.2, -0.15) is 0 Å². The van der Waals surface area contributed by atoms with E-state index in [9.17, 15) is 0 Å². The molecule has 0 amide bonds. The Morgan fingerprint density at radius 1 is 1.10 bits per heavy atom. The molecule has 4 heteroatoms. The van der Waals surface area contributed by atoms with E-state index < -0.39 is 0 Å². The van der Waals surface area contributed by atoms with E-state index in [2.05, 4.69) is 74.4 Å². The van der Waals surface area contributed by atoms with Gasteiger partial charge in [-0.15, -0.1) is 0 Å². The third kappa shape index (κ3) is 4.31. The average Bonchev–Trinajstić information content (AvgIpc) is 2.50. The first-order valence-corrected chi connectivity index (χ1v) is 8.56. The zero-order valence-electron chi connectivity index (χ0n) is 12.2. The van der Waals surface area contributed by atoms with Gasteiger partial charge in [-0.3, -0.25) is 0 Å². The Hall–Kier alpha value is -0.840. The summed E-state index contributed by atoms with van der Waals surface area (Å²) in [5.41, 5.74) is 2.46. The SMILES string of the molecule is CCCNC(c1ccc(Br)cc1)c1ccc(OC)cc1Br. The molecule has 2 rings (SSSR count). The fraction of sp³-hybridized carbons (Fsp3) is 0.294. The van der Waals surface area contributed by atoms with E-state index in [1.807, 2.05) is 12.1 Å². The number of ether oxygens (including phenoxy) is 1. The molecular weight excluding hydrogens is 394 g/mol. The first-order chi connectivity index (χ1) is 10.2. The quantitative estimate of drug-likeness (QED) is 0.694. The summed E-state index contributed by atoms with van der Waals surface area (Å²) in [6, 6.07) is 14.7. The van der Waals surface area contributed by atoms with Crippen LogP contribution in [0.1, 0.15) is 30.5 Å². The minimum Gasteiger partial charge on any atom is -0.497 e. The van der Waals surface area contributed by atoms with Gasteiger partial charge in [-0.25, -0.2) is 0 Å². The van der Waals surface area contributed by atoms with Crippen LogP contribution in [-0.4, -0.2) is 13.7 Å². The molecule has 0 aliphatic carbocycles. The summed E-state index contributed by atoms with van der Waals surface area (Å²) in [7, 11) is 1.68. The summed E-state index contributed by atoms with van der Waals surface area (Å²) >= 11 is 7.15. The molecule has 0 bridgehead atoms. The average molecular weight is 413 g/mol. The van der Waals surface area contributed by atoms with Crippen LogP contribution in [0.4, 0.5) is 0 Å². The number of rotatable bonds is 6. The van der Waals surface area contributed by atoms with E-state index in [0.29, 0.717) is 0 Å². The lowest BCUT2D eigenvalue weighted by atomic mass is 9.98. The third-order valence-electron chi connectivity index (χ3n) is 3.32. The van der Waals surface area contributed by atoms with Gasteiger partial charge in [0.05, 0.1) is 13.2 Å². The molecule has 0 saturated heterocycles. The topological polar surface area (TPSA) is 21.3 Å². The monoisotopic (exact) mass is 411 g/mol. The minimum atomic E-state index is 0.165. The van der Waals surface area contributed by atoms with Gasteiger partial charge in [0.1, 0.15) is 5.75 Å². The van der Waals surface area contributed by atoms with Crippen LogP contribution < -0.4 is 10.1 Å². The molecule has 0 heterocycles. The Kier molecular flexibility index (Phi) is 6.27. The highest BCUT2D eigenvalue weighted by Crippen LogP contribution is 2.32. The second-order valence-corrected chi connectivity index (χ2v) is 6.60. The van der Waals surface area contributed by atoms with Gasteiger partial charge in [0.15, 0.2) is 0 Å². The van der Waals surface area contributed by atoms with Gasteiger partial charge in [0.25, 0.3) is 0 Å². The summed E-state index contributed by atoms with van der Waals surface area (Å²) < 4.78 is 7.42. The van der Waals surface area contributed by atoms with E-state index >= 15 is 0 Å². The van der Waals surface area contributed by atoms with Crippen molar-refractivity contribution in [2.45, 2.75) is 19.4 Å². The summed E-state index contributed by atoms with van der Waals surface area (Å²) in [5, 5.41) is 3.61. The van der Waals surface area contributed by atoms with Crippen molar-refractivity contribution < 1.29 is 4.74 Å². The van der Waals surface area contributed by atoms with Crippen LogP contribution in [0.15, 0.2) is 51.4 Å². The maximum atomic E-state index is 5.28.